The number of carbonyl (C=O) groups is 5. The van der Waals surface area contributed by atoms with Gasteiger partial charge in [0.2, 0.25) is 0 Å². The van der Waals surface area contributed by atoms with Crippen LogP contribution in [0.2, 0.25) is 0 Å². The molecular formula is C39H60F6N2O13. The molecule has 21 heteroatoms. The summed E-state index contributed by atoms with van der Waals surface area (Å²) in [7, 11) is 0. The Morgan fingerprint density at radius 1 is 0.717 bits per heavy atom. The summed E-state index contributed by atoms with van der Waals surface area (Å²) >= 11 is 0. The highest BCUT2D eigenvalue weighted by atomic mass is 19.4. The van der Waals surface area contributed by atoms with E-state index < -0.39 is 86.3 Å². The highest BCUT2D eigenvalue weighted by Crippen LogP contribution is 2.46. The van der Waals surface area contributed by atoms with Crippen LogP contribution in [-0.2, 0) is 47.5 Å². The molecule has 1 rings (SSSR count). The fourth-order valence-corrected chi connectivity index (χ4v) is 5.52. The first-order chi connectivity index (χ1) is 27.4. The molecule has 0 radical (unpaired) electrons. The minimum atomic E-state index is -4.49. The van der Waals surface area contributed by atoms with Gasteiger partial charge in [0.1, 0.15) is 46.2 Å². The first kappa shape index (κ1) is 55.6. The van der Waals surface area contributed by atoms with Crippen molar-refractivity contribution < 1.29 is 88.6 Å². The molecule has 0 spiro atoms. The number of carbonyl (C=O) groups excluding carboxylic acids is 5. The Labute approximate surface area is 346 Å². The van der Waals surface area contributed by atoms with Gasteiger partial charge in [0, 0.05) is 35.2 Å². The molecule has 3 atom stereocenters. The highest BCUT2D eigenvalue weighted by Gasteiger charge is 2.44. The lowest BCUT2D eigenvalue weighted by Crippen LogP contribution is -2.53. The van der Waals surface area contributed by atoms with E-state index in [1.165, 1.54) is 27.7 Å². The average Bonchev–Trinajstić information content (AvgIpc) is 3.13. The zero-order valence-corrected chi connectivity index (χ0v) is 35.3. The van der Waals surface area contributed by atoms with Gasteiger partial charge in [-0.3, -0.25) is 0 Å². The number of aliphatic hydroxyl groups excluding tert-OH is 1. The predicted molar refractivity (Wildman–Crippen MR) is 203 cm³/mol. The maximum absolute atomic E-state index is 12.3. The number of aliphatic hydroxyl groups is 1. The van der Waals surface area contributed by atoms with Crippen molar-refractivity contribution in [3.8, 4) is 0 Å². The molecular weight excluding hydrogens is 818 g/mol. The number of nitrogens with one attached hydrogen (secondary N) is 2. The van der Waals surface area contributed by atoms with Gasteiger partial charge in [-0.15, -0.1) is 0 Å². The zero-order valence-electron chi connectivity index (χ0n) is 35.3. The fourth-order valence-electron chi connectivity index (χ4n) is 5.52. The Kier molecular flexibility index (Phi) is 23.0. The lowest BCUT2D eigenvalue weighted by Gasteiger charge is -2.47. The van der Waals surface area contributed by atoms with E-state index in [1.807, 2.05) is 20.8 Å². The van der Waals surface area contributed by atoms with Crippen LogP contribution in [0.4, 0.5) is 35.9 Å². The van der Waals surface area contributed by atoms with Crippen molar-refractivity contribution in [1.29, 1.82) is 0 Å². The molecule has 3 N–H and O–H groups in total. The Balaban J connectivity index is 0.00000130. The zero-order chi connectivity index (χ0) is 46.6. The van der Waals surface area contributed by atoms with Crippen molar-refractivity contribution in [2.24, 2.45) is 21.7 Å². The van der Waals surface area contributed by atoms with Crippen molar-refractivity contribution >= 4 is 30.1 Å². The minimum Gasteiger partial charge on any atom is -0.462 e. The topological polar surface area (TPSA) is 194 Å². The SMILES string of the molecule is C=C(C)C(=O)OCC(C)(COCC(F)(F)F)COC(=O)C(=C)C.C=CC(=O)OCCOC(=O)NC1CCC(C)(CNC(=O)OCC(C)(CO)COCC(F)(F)F)CC1(C)C. The van der Waals surface area contributed by atoms with Gasteiger partial charge >= 0.3 is 42.4 Å². The van der Waals surface area contributed by atoms with Gasteiger partial charge in [0.05, 0.1) is 25.2 Å². The molecule has 1 aliphatic carbocycles. The molecule has 0 aromatic rings. The lowest BCUT2D eigenvalue weighted by atomic mass is 9.62. The minimum absolute atomic E-state index is 0.0792. The van der Waals surface area contributed by atoms with Gasteiger partial charge in [-0.05, 0) is 43.9 Å². The summed E-state index contributed by atoms with van der Waals surface area (Å²) in [6, 6.07) is -0.183. The van der Waals surface area contributed by atoms with Gasteiger partial charge < -0.3 is 48.9 Å². The average molecular weight is 879 g/mol. The van der Waals surface area contributed by atoms with Crippen LogP contribution in [0.15, 0.2) is 37.0 Å². The molecule has 60 heavy (non-hydrogen) atoms. The molecule has 15 nitrogen and oxygen atoms in total. The number of esters is 3. The van der Waals surface area contributed by atoms with Crippen molar-refractivity contribution in [1.82, 2.24) is 10.6 Å². The summed E-state index contributed by atoms with van der Waals surface area (Å²) in [5, 5.41) is 15.0. The number of halogens is 6. The Hall–Kier alpha value is -4.37. The van der Waals surface area contributed by atoms with E-state index in [0.29, 0.717) is 19.3 Å². The second-order valence-electron chi connectivity index (χ2n) is 16.4. The number of ether oxygens (including phenoxy) is 7. The monoisotopic (exact) mass is 878 g/mol. The van der Waals surface area contributed by atoms with Crippen LogP contribution in [-0.4, -0.2) is 126 Å². The van der Waals surface area contributed by atoms with E-state index in [0.717, 1.165) is 6.08 Å². The van der Waals surface area contributed by atoms with E-state index >= 15 is 0 Å². The number of alkyl carbamates (subject to hydrolysis) is 2. The Morgan fingerprint density at radius 2 is 1.18 bits per heavy atom. The van der Waals surface area contributed by atoms with E-state index in [4.69, 9.17) is 23.7 Å². The van der Waals surface area contributed by atoms with E-state index in [-0.39, 0.29) is 67.6 Å². The summed E-state index contributed by atoms with van der Waals surface area (Å²) in [6.07, 6.45) is -7.38. The van der Waals surface area contributed by atoms with E-state index in [9.17, 15) is 55.4 Å². The summed E-state index contributed by atoms with van der Waals surface area (Å²) in [6.45, 7) is 16.8. The van der Waals surface area contributed by atoms with Crippen molar-refractivity contribution in [2.75, 3.05) is 72.6 Å². The molecule has 0 aliphatic heterocycles. The largest absolute Gasteiger partial charge is 0.462 e. The normalized spacial score (nSPS) is 18.5. The van der Waals surface area contributed by atoms with Crippen molar-refractivity contribution in [2.45, 2.75) is 86.1 Å². The van der Waals surface area contributed by atoms with Crippen LogP contribution >= 0.6 is 0 Å². The first-order valence-electron chi connectivity index (χ1n) is 18.6. The quantitative estimate of drug-likeness (QED) is 0.0370. The van der Waals surface area contributed by atoms with Crippen LogP contribution in [0, 0.1) is 21.7 Å². The maximum Gasteiger partial charge on any atom is 0.411 e. The summed E-state index contributed by atoms with van der Waals surface area (Å²) in [5.41, 5.74) is -2.68. The third-order valence-corrected chi connectivity index (χ3v) is 8.71. The number of alkyl halides is 6. The molecule has 1 aliphatic rings. The predicted octanol–water partition coefficient (Wildman–Crippen LogP) is 6.14. The summed E-state index contributed by atoms with van der Waals surface area (Å²) < 4.78 is 107. The van der Waals surface area contributed by atoms with Crippen LogP contribution in [0.5, 0.6) is 0 Å². The fraction of sp³-hybridized carbons (Fsp3) is 0.718. The van der Waals surface area contributed by atoms with Gasteiger partial charge in [0.15, 0.2) is 0 Å². The van der Waals surface area contributed by atoms with Crippen LogP contribution in [0.3, 0.4) is 0 Å². The molecule has 1 saturated carbocycles. The standard InChI is InChI=1S/C24H39F3N2O8.C15H21F3O5/c1-6-18(31)35-9-10-36-20(33)29-17-7-8-22(4,11-21(17,2)3)12-28-19(32)37-15-23(5,13-30)14-34-16-24(25,26)27;1-10(2)12(19)22-7-14(5,6-21-9-15(16,17)18)8-23-13(20)11(3)4/h6,17,30H,1,7-16H2,2-5H3,(H,28,32)(H,29,33);1,3,6-9H2,2,4-5H3. The second kappa shape index (κ2) is 24.8. The number of hydrogen-bond acceptors (Lipinski definition) is 13. The third kappa shape index (κ3) is 24.6. The molecule has 0 heterocycles. The van der Waals surface area contributed by atoms with Crippen LogP contribution in [0.1, 0.15) is 67.7 Å². The number of rotatable bonds is 22. The highest BCUT2D eigenvalue weighted by molar-refractivity contribution is 5.87. The molecule has 3 unspecified atom stereocenters. The molecule has 0 aromatic carbocycles. The van der Waals surface area contributed by atoms with Gasteiger partial charge in [-0.1, -0.05) is 54.4 Å². The third-order valence-electron chi connectivity index (χ3n) is 8.71. The molecule has 2 amide bonds. The van der Waals surface area contributed by atoms with Crippen molar-refractivity contribution in [3.05, 3.63) is 37.0 Å². The maximum atomic E-state index is 12.3. The van der Waals surface area contributed by atoms with Crippen LogP contribution < -0.4 is 10.6 Å². The summed E-state index contributed by atoms with van der Waals surface area (Å²) in [5.74, 6) is -2.00. The molecule has 346 valence electrons. The first-order valence-corrected chi connectivity index (χ1v) is 18.6. The van der Waals surface area contributed by atoms with Crippen LogP contribution in [0.25, 0.3) is 0 Å². The van der Waals surface area contributed by atoms with Gasteiger partial charge in [-0.25, -0.2) is 24.0 Å². The molecule has 0 saturated heterocycles. The molecule has 0 bridgehead atoms. The molecule has 0 aromatic heterocycles. The number of hydrogen-bond donors (Lipinski definition) is 3. The Bertz CT molecular complexity index is 1440. The Morgan fingerprint density at radius 3 is 1.62 bits per heavy atom. The smallest absolute Gasteiger partial charge is 0.411 e. The summed E-state index contributed by atoms with van der Waals surface area (Å²) in [4.78, 5) is 58.2. The van der Waals surface area contributed by atoms with Crippen molar-refractivity contribution in [3.63, 3.8) is 0 Å². The second-order valence-corrected chi connectivity index (χ2v) is 16.4. The number of amides is 2. The van der Waals surface area contributed by atoms with E-state index in [2.05, 4.69) is 39.8 Å². The molecule has 1 fully saturated rings. The lowest BCUT2D eigenvalue weighted by molar-refractivity contribution is -0.187. The van der Waals surface area contributed by atoms with E-state index in [1.54, 1.807) is 0 Å². The van der Waals surface area contributed by atoms with Gasteiger partial charge in [0.25, 0.3) is 0 Å². The van der Waals surface area contributed by atoms with Gasteiger partial charge in [-0.2, -0.15) is 26.3 Å².